The molecule has 0 radical (unpaired) electrons. The van der Waals surface area contributed by atoms with Crippen molar-refractivity contribution in [3.8, 4) is 0 Å². The first-order valence-corrected chi connectivity index (χ1v) is 6.42. The van der Waals surface area contributed by atoms with Gasteiger partial charge in [0.1, 0.15) is 11.9 Å². The highest BCUT2D eigenvalue weighted by Crippen LogP contribution is 2.30. The van der Waals surface area contributed by atoms with Crippen molar-refractivity contribution >= 4 is 11.8 Å². The molecule has 2 heterocycles. The van der Waals surface area contributed by atoms with Gasteiger partial charge in [0, 0.05) is 12.7 Å². The van der Waals surface area contributed by atoms with Crippen molar-refractivity contribution in [1.29, 1.82) is 0 Å². The SMILES string of the molecule is O=C(O)C1CCCCCN1c1ccc(C(F)(F)F)cn1. The van der Waals surface area contributed by atoms with Gasteiger partial charge in [0.25, 0.3) is 0 Å². The molecule has 0 aliphatic carbocycles. The van der Waals surface area contributed by atoms with Crippen molar-refractivity contribution in [2.75, 3.05) is 11.4 Å². The van der Waals surface area contributed by atoms with E-state index in [-0.39, 0.29) is 5.82 Å². The molecule has 1 atom stereocenters. The summed E-state index contributed by atoms with van der Waals surface area (Å²) in [5, 5.41) is 9.23. The van der Waals surface area contributed by atoms with E-state index in [9.17, 15) is 23.1 Å². The molecule has 2 rings (SSSR count). The van der Waals surface area contributed by atoms with E-state index in [1.807, 2.05) is 0 Å². The van der Waals surface area contributed by atoms with E-state index in [0.29, 0.717) is 13.0 Å². The van der Waals surface area contributed by atoms with Crippen molar-refractivity contribution in [3.05, 3.63) is 23.9 Å². The lowest BCUT2D eigenvalue weighted by atomic mass is 10.1. The molecular formula is C13H15F3N2O2. The second kappa shape index (κ2) is 5.68. The molecule has 4 nitrogen and oxygen atoms in total. The third-order valence-electron chi connectivity index (χ3n) is 3.41. The van der Waals surface area contributed by atoms with Crippen molar-refractivity contribution < 1.29 is 23.1 Å². The van der Waals surface area contributed by atoms with Crippen LogP contribution in [0.15, 0.2) is 18.3 Å². The molecule has 1 fully saturated rings. The summed E-state index contributed by atoms with van der Waals surface area (Å²) in [6.07, 6.45) is -0.671. The van der Waals surface area contributed by atoms with Gasteiger partial charge in [-0.25, -0.2) is 9.78 Å². The number of hydrogen-bond acceptors (Lipinski definition) is 3. The minimum Gasteiger partial charge on any atom is -0.480 e. The number of anilines is 1. The van der Waals surface area contributed by atoms with Crippen LogP contribution in [0.3, 0.4) is 0 Å². The molecule has 1 aromatic rings. The lowest BCUT2D eigenvalue weighted by Gasteiger charge is -2.28. The molecule has 1 saturated heterocycles. The summed E-state index contributed by atoms with van der Waals surface area (Å²) >= 11 is 0. The number of alkyl halides is 3. The zero-order valence-electron chi connectivity index (χ0n) is 10.7. The second-order valence-electron chi connectivity index (χ2n) is 4.80. The summed E-state index contributed by atoms with van der Waals surface area (Å²) in [5.41, 5.74) is -0.831. The first-order valence-electron chi connectivity index (χ1n) is 6.42. The van der Waals surface area contributed by atoms with Crippen LogP contribution >= 0.6 is 0 Å². The molecule has 20 heavy (non-hydrogen) atoms. The number of carboxylic acids is 1. The van der Waals surface area contributed by atoms with E-state index in [1.54, 1.807) is 4.90 Å². The van der Waals surface area contributed by atoms with E-state index in [1.165, 1.54) is 6.07 Å². The molecule has 110 valence electrons. The average molecular weight is 288 g/mol. The first-order chi connectivity index (χ1) is 9.39. The van der Waals surface area contributed by atoms with Gasteiger partial charge in [-0.3, -0.25) is 0 Å². The molecule has 1 unspecified atom stereocenters. The molecule has 0 bridgehead atoms. The zero-order valence-corrected chi connectivity index (χ0v) is 10.7. The van der Waals surface area contributed by atoms with Gasteiger partial charge >= 0.3 is 12.1 Å². The molecule has 0 saturated carbocycles. The Bertz CT molecular complexity index is 473. The van der Waals surface area contributed by atoms with Gasteiger partial charge in [0.15, 0.2) is 0 Å². The largest absolute Gasteiger partial charge is 0.480 e. The Morgan fingerprint density at radius 3 is 2.60 bits per heavy atom. The summed E-state index contributed by atoms with van der Waals surface area (Å²) in [6.45, 7) is 0.495. The number of carbonyl (C=O) groups is 1. The van der Waals surface area contributed by atoms with Crippen LogP contribution in [0.25, 0.3) is 0 Å². The van der Waals surface area contributed by atoms with Gasteiger partial charge in [-0.1, -0.05) is 12.8 Å². The number of hydrogen-bond donors (Lipinski definition) is 1. The number of aromatic nitrogens is 1. The Morgan fingerprint density at radius 2 is 2.05 bits per heavy atom. The number of carboxylic acid groups (broad SMARTS) is 1. The van der Waals surface area contributed by atoms with Gasteiger partial charge in [-0.2, -0.15) is 13.2 Å². The van der Waals surface area contributed by atoms with Crippen LogP contribution in [0.4, 0.5) is 19.0 Å². The minimum atomic E-state index is -4.43. The van der Waals surface area contributed by atoms with Crippen molar-refractivity contribution in [2.24, 2.45) is 0 Å². The van der Waals surface area contributed by atoms with Crippen LogP contribution < -0.4 is 4.90 Å². The zero-order chi connectivity index (χ0) is 14.8. The molecule has 1 N–H and O–H groups in total. The highest BCUT2D eigenvalue weighted by molar-refractivity contribution is 5.77. The summed E-state index contributed by atoms with van der Waals surface area (Å²) < 4.78 is 37.5. The number of rotatable bonds is 2. The normalized spacial score (nSPS) is 20.6. The van der Waals surface area contributed by atoms with Gasteiger partial charge in [-0.05, 0) is 25.0 Å². The first kappa shape index (κ1) is 14.6. The highest BCUT2D eigenvalue weighted by Gasteiger charge is 2.32. The second-order valence-corrected chi connectivity index (χ2v) is 4.80. The maximum atomic E-state index is 12.5. The number of halogens is 3. The lowest BCUT2D eigenvalue weighted by molar-refractivity contribution is -0.139. The van der Waals surface area contributed by atoms with Crippen molar-refractivity contribution in [1.82, 2.24) is 4.98 Å². The standard InChI is InChI=1S/C13H15F3N2O2/c14-13(15,16)9-5-6-11(17-8-9)18-7-3-1-2-4-10(18)12(19)20/h5-6,8,10H,1-4,7H2,(H,19,20). The average Bonchev–Trinajstić information content (AvgIpc) is 2.63. The Labute approximate surface area is 114 Å². The van der Waals surface area contributed by atoms with E-state index >= 15 is 0 Å². The topological polar surface area (TPSA) is 53.4 Å². The molecule has 0 amide bonds. The quantitative estimate of drug-likeness (QED) is 0.909. The summed E-state index contributed by atoms with van der Waals surface area (Å²) in [7, 11) is 0. The molecular weight excluding hydrogens is 273 g/mol. The fraction of sp³-hybridized carbons (Fsp3) is 0.538. The van der Waals surface area contributed by atoms with E-state index < -0.39 is 23.8 Å². The van der Waals surface area contributed by atoms with E-state index in [0.717, 1.165) is 31.5 Å². The van der Waals surface area contributed by atoms with Crippen LogP contribution in [-0.4, -0.2) is 28.6 Å². The minimum absolute atomic E-state index is 0.285. The molecule has 0 spiro atoms. The maximum Gasteiger partial charge on any atom is 0.417 e. The molecule has 0 aromatic carbocycles. The van der Waals surface area contributed by atoms with Gasteiger partial charge in [0.2, 0.25) is 0 Å². The van der Waals surface area contributed by atoms with Gasteiger partial charge < -0.3 is 10.0 Å². The smallest absolute Gasteiger partial charge is 0.417 e. The van der Waals surface area contributed by atoms with E-state index in [2.05, 4.69) is 4.98 Å². The monoisotopic (exact) mass is 288 g/mol. The summed E-state index contributed by atoms with van der Waals surface area (Å²) in [4.78, 5) is 16.6. The predicted octanol–water partition coefficient (Wildman–Crippen LogP) is 2.93. The molecule has 1 aromatic heterocycles. The molecule has 1 aliphatic rings. The fourth-order valence-corrected chi connectivity index (χ4v) is 2.36. The maximum absolute atomic E-state index is 12.5. The fourth-order valence-electron chi connectivity index (χ4n) is 2.36. The van der Waals surface area contributed by atoms with Crippen molar-refractivity contribution in [2.45, 2.75) is 37.9 Å². The summed E-state index contributed by atoms with van der Waals surface area (Å²) in [6, 6.07) is 1.46. The molecule has 7 heteroatoms. The number of nitrogens with zero attached hydrogens (tertiary/aromatic N) is 2. The van der Waals surface area contributed by atoms with Crippen molar-refractivity contribution in [3.63, 3.8) is 0 Å². The van der Waals surface area contributed by atoms with Gasteiger partial charge in [0.05, 0.1) is 5.56 Å². The lowest BCUT2D eigenvalue weighted by Crippen LogP contribution is -2.41. The third kappa shape index (κ3) is 3.20. The summed E-state index contributed by atoms with van der Waals surface area (Å²) in [5.74, 6) is -0.680. The third-order valence-corrected chi connectivity index (χ3v) is 3.41. The Kier molecular flexibility index (Phi) is 4.15. The number of pyridine rings is 1. The number of aliphatic carboxylic acids is 1. The van der Waals surface area contributed by atoms with Gasteiger partial charge in [-0.15, -0.1) is 0 Å². The van der Waals surface area contributed by atoms with Crippen LogP contribution in [0.1, 0.15) is 31.2 Å². The van der Waals surface area contributed by atoms with Crippen LogP contribution in [0.5, 0.6) is 0 Å². The van der Waals surface area contributed by atoms with E-state index in [4.69, 9.17) is 0 Å². The predicted molar refractivity (Wildman–Crippen MR) is 66.5 cm³/mol. The Balaban J connectivity index is 2.25. The molecule has 1 aliphatic heterocycles. The van der Waals surface area contributed by atoms with Crippen LogP contribution in [0.2, 0.25) is 0 Å². The Morgan fingerprint density at radius 1 is 1.30 bits per heavy atom. The Hall–Kier alpha value is -1.79. The van der Waals surface area contributed by atoms with Crippen LogP contribution in [0, 0.1) is 0 Å². The van der Waals surface area contributed by atoms with Crippen LogP contribution in [-0.2, 0) is 11.0 Å². The highest BCUT2D eigenvalue weighted by atomic mass is 19.4.